The molecule has 2 aromatic carbocycles. The summed E-state index contributed by atoms with van der Waals surface area (Å²) in [4.78, 5) is 23.1. The minimum atomic E-state index is -2.55. The zero-order valence-electron chi connectivity index (χ0n) is 27.0. The molecule has 4 aromatic rings. The SMILES string of the molecule is CC(C)(C)C1(C(C)(C)C)CC(c2n[nH]c3ccc(Nc4ncc(Cl)c(Nc5ccccc5P(C)(C)=O)n4)cc23)=CCN1C(=O)O. The summed E-state index contributed by atoms with van der Waals surface area (Å²) in [5.74, 6) is 0.713. The van der Waals surface area contributed by atoms with Crippen LogP contribution in [0.4, 0.5) is 27.9 Å². The molecule has 3 heterocycles. The van der Waals surface area contributed by atoms with E-state index in [1.165, 1.54) is 6.20 Å². The number of carboxylic acid groups (broad SMARTS) is 1. The zero-order chi connectivity index (χ0) is 32.9. The maximum Gasteiger partial charge on any atom is 0.408 e. The Kier molecular flexibility index (Phi) is 8.30. The molecule has 0 aliphatic carbocycles. The molecule has 0 bridgehead atoms. The number of para-hydroxylation sites is 1. The Hall–Kier alpha value is -3.88. The molecule has 0 unspecified atom stereocenters. The number of hydrogen-bond donors (Lipinski definition) is 4. The number of anilines is 4. The summed E-state index contributed by atoms with van der Waals surface area (Å²) in [6.45, 7) is 16.4. The van der Waals surface area contributed by atoms with E-state index in [0.29, 0.717) is 34.2 Å². The molecule has 1 aliphatic heterocycles. The average molecular weight is 650 g/mol. The summed E-state index contributed by atoms with van der Waals surface area (Å²) in [5.41, 5.74) is 2.66. The highest BCUT2D eigenvalue weighted by molar-refractivity contribution is 7.70. The third-order valence-electron chi connectivity index (χ3n) is 8.74. The standard InChI is InChI=1S/C33H41ClN7O3P/c1-31(2,3)33(32(4,5)6)18-20(15-16-41(33)30(42)43)27-22-17-21(13-14-24(22)39-40-27)36-29-35-19-23(34)28(38-29)37-25-11-9-10-12-26(25)45(7,8)44/h9-15,17,19H,16,18H2,1-8H3,(H,39,40)(H,42,43)(H2,35,36,37,38). The van der Waals surface area contributed by atoms with E-state index < -0.39 is 18.8 Å². The van der Waals surface area contributed by atoms with Crippen LogP contribution in [0, 0.1) is 10.8 Å². The van der Waals surface area contributed by atoms with Crippen molar-refractivity contribution in [2.24, 2.45) is 10.8 Å². The normalized spacial score (nSPS) is 15.6. The van der Waals surface area contributed by atoms with E-state index >= 15 is 0 Å². The van der Waals surface area contributed by atoms with Crippen LogP contribution in [0.1, 0.15) is 53.7 Å². The molecular formula is C33H41ClN7O3P. The lowest BCUT2D eigenvalue weighted by molar-refractivity contribution is -0.0684. The van der Waals surface area contributed by atoms with E-state index in [0.717, 1.165) is 27.9 Å². The average Bonchev–Trinajstić information content (AvgIpc) is 3.36. The van der Waals surface area contributed by atoms with Crippen LogP contribution in [-0.2, 0) is 4.57 Å². The molecule has 5 rings (SSSR count). The van der Waals surface area contributed by atoms with Crippen molar-refractivity contribution in [2.75, 3.05) is 30.5 Å². The first-order valence-corrected chi connectivity index (χ1v) is 17.8. The van der Waals surface area contributed by atoms with Crippen molar-refractivity contribution in [3.63, 3.8) is 0 Å². The smallest absolute Gasteiger partial charge is 0.408 e. The summed E-state index contributed by atoms with van der Waals surface area (Å²) in [7, 11) is -2.55. The van der Waals surface area contributed by atoms with Crippen LogP contribution < -0.4 is 15.9 Å². The van der Waals surface area contributed by atoms with Crippen LogP contribution in [0.5, 0.6) is 0 Å². The van der Waals surface area contributed by atoms with Crippen molar-refractivity contribution in [1.82, 2.24) is 25.1 Å². The lowest BCUT2D eigenvalue weighted by Gasteiger charge is -2.60. The Morgan fingerprint density at radius 1 is 1.07 bits per heavy atom. The minimum absolute atomic E-state index is 0.272. The molecule has 238 valence electrons. The van der Waals surface area contributed by atoms with Gasteiger partial charge < -0.3 is 20.3 Å². The van der Waals surface area contributed by atoms with Crippen LogP contribution in [0.3, 0.4) is 0 Å². The monoisotopic (exact) mass is 649 g/mol. The summed E-state index contributed by atoms with van der Waals surface area (Å²) < 4.78 is 12.9. The Morgan fingerprint density at radius 2 is 1.76 bits per heavy atom. The first-order valence-electron chi connectivity index (χ1n) is 14.8. The van der Waals surface area contributed by atoms with Gasteiger partial charge in [0.2, 0.25) is 5.95 Å². The fourth-order valence-electron chi connectivity index (χ4n) is 6.84. The van der Waals surface area contributed by atoms with Gasteiger partial charge in [-0.25, -0.2) is 9.78 Å². The maximum absolute atomic E-state index is 12.9. The summed E-state index contributed by atoms with van der Waals surface area (Å²) in [6, 6.07) is 13.2. The third kappa shape index (κ3) is 6.06. The minimum Gasteiger partial charge on any atom is -0.465 e. The largest absolute Gasteiger partial charge is 0.465 e. The van der Waals surface area contributed by atoms with Gasteiger partial charge >= 0.3 is 6.09 Å². The second-order valence-corrected chi connectivity index (χ2v) is 17.6. The van der Waals surface area contributed by atoms with E-state index in [2.05, 4.69) is 67.2 Å². The number of H-pyrrole nitrogens is 1. The number of nitrogens with one attached hydrogen (secondary N) is 3. The van der Waals surface area contributed by atoms with E-state index in [4.69, 9.17) is 16.7 Å². The van der Waals surface area contributed by atoms with Gasteiger partial charge in [0.15, 0.2) is 5.82 Å². The van der Waals surface area contributed by atoms with E-state index in [-0.39, 0.29) is 17.4 Å². The number of amides is 1. The number of hydrogen-bond acceptors (Lipinski definition) is 7. The molecule has 0 radical (unpaired) electrons. The van der Waals surface area contributed by atoms with Crippen molar-refractivity contribution in [1.29, 1.82) is 0 Å². The number of fused-ring (bicyclic) bond motifs is 1. The Balaban J connectivity index is 1.49. The molecule has 12 heteroatoms. The Bertz CT molecular complexity index is 1840. The number of nitrogens with zero attached hydrogens (tertiary/aromatic N) is 4. The summed E-state index contributed by atoms with van der Waals surface area (Å²) >= 11 is 6.46. The molecule has 1 amide bonds. The number of aromatic amines is 1. The van der Waals surface area contributed by atoms with E-state index in [1.807, 2.05) is 48.5 Å². The molecule has 4 N–H and O–H groups in total. The third-order valence-corrected chi connectivity index (χ3v) is 10.6. The van der Waals surface area contributed by atoms with E-state index in [1.54, 1.807) is 18.2 Å². The number of aromatic nitrogens is 4. The van der Waals surface area contributed by atoms with Crippen molar-refractivity contribution < 1.29 is 14.5 Å². The molecule has 45 heavy (non-hydrogen) atoms. The molecule has 0 spiro atoms. The fourth-order valence-corrected chi connectivity index (χ4v) is 8.14. The van der Waals surface area contributed by atoms with Gasteiger partial charge in [-0.2, -0.15) is 10.1 Å². The van der Waals surface area contributed by atoms with Gasteiger partial charge in [-0.05, 0) is 66.5 Å². The summed E-state index contributed by atoms with van der Waals surface area (Å²) in [5, 5.41) is 26.5. The molecule has 0 atom stereocenters. The quantitative estimate of drug-likeness (QED) is 0.153. The maximum atomic E-state index is 12.9. The number of carbonyl (C=O) groups is 1. The van der Waals surface area contributed by atoms with Crippen molar-refractivity contribution in [2.45, 2.75) is 53.5 Å². The predicted octanol–water partition coefficient (Wildman–Crippen LogP) is 8.34. The van der Waals surface area contributed by atoms with Gasteiger partial charge in [-0.3, -0.25) is 10.00 Å². The first-order chi connectivity index (χ1) is 20.9. The number of benzene rings is 2. The lowest BCUT2D eigenvalue weighted by atomic mass is 9.55. The molecule has 0 saturated carbocycles. The molecule has 2 aromatic heterocycles. The van der Waals surface area contributed by atoms with Crippen molar-refractivity contribution in [3.05, 3.63) is 65.5 Å². The van der Waals surface area contributed by atoms with Gasteiger partial charge in [0, 0.05) is 22.9 Å². The van der Waals surface area contributed by atoms with Crippen LogP contribution in [-0.4, -0.2) is 61.7 Å². The summed E-state index contributed by atoms with van der Waals surface area (Å²) in [6.07, 6.45) is 3.08. The second-order valence-electron chi connectivity index (χ2n) is 14.0. The van der Waals surface area contributed by atoms with Gasteiger partial charge in [0.25, 0.3) is 0 Å². The highest BCUT2D eigenvalue weighted by Gasteiger charge is 2.57. The highest BCUT2D eigenvalue weighted by Crippen LogP contribution is 2.55. The van der Waals surface area contributed by atoms with E-state index in [9.17, 15) is 14.5 Å². The van der Waals surface area contributed by atoms with Crippen molar-refractivity contribution in [3.8, 4) is 0 Å². The Morgan fingerprint density at radius 3 is 2.40 bits per heavy atom. The second kappa shape index (κ2) is 11.5. The van der Waals surface area contributed by atoms with Crippen LogP contribution >= 0.6 is 18.7 Å². The number of rotatable bonds is 6. The highest BCUT2D eigenvalue weighted by atomic mass is 35.5. The van der Waals surface area contributed by atoms with Crippen LogP contribution in [0.2, 0.25) is 5.02 Å². The fraction of sp³-hybridized carbons (Fsp3) is 0.394. The zero-order valence-corrected chi connectivity index (χ0v) is 28.6. The predicted molar refractivity (Wildman–Crippen MR) is 184 cm³/mol. The molecule has 1 aliphatic rings. The molecule has 0 saturated heterocycles. The van der Waals surface area contributed by atoms with Crippen LogP contribution in [0.25, 0.3) is 16.5 Å². The number of halogens is 1. The van der Waals surface area contributed by atoms with Crippen LogP contribution in [0.15, 0.2) is 54.7 Å². The molecule has 0 fully saturated rings. The first kappa shape index (κ1) is 32.5. The van der Waals surface area contributed by atoms with Gasteiger partial charge in [0.1, 0.15) is 12.2 Å². The lowest BCUT2D eigenvalue weighted by Crippen LogP contribution is -2.67. The van der Waals surface area contributed by atoms with Gasteiger partial charge in [-0.1, -0.05) is 71.4 Å². The molecular weight excluding hydrogens is 609 g/mol. The Labute approximate surface area is 269 Å². The van der Waals surface area contributed by atoms with Gasteiger partial charge in [0.05, 0.1) is 28.6 Å². The van der Waals surface area contributed by atoms with Crippen molar-refractivity contribution >= 4 is 69.8 Å². The van der Waals surface area contributed by atoms with Gasteiger partial charge in [-0.15, -0.1) is 0 Å². The topological polar surface area (TPSA) is 136 Å². The molecule has 10 nitrogen and oxygen atoms in total.